The lowest BCUT2D eigenvalue weighted by atomic mass is 10.0. The molecule has 5 aromatic heterocycles. The van der Waals surface area contributed by atoms with Gasteiger partial charge in [-0.2, -0.15) is 9.97 Å². The molecule has 0 fully saturated rings. The van der Waals surface area contributed by atoms with Crippen molar-refractivity contribution in [3.63, 3.8) is 0 Å². The largest absolute Gasteiger partial charge is 0.347 e. The van der Waals surface area contributed by atoms with Crippen LogP contribution in [0.4, 0.5) is 11.4 Å². The van der Waals surface area contributed by atoms with Crippen LogP contribution in [0.3, 0.4) is 0 Å². The van der Waals surface area contributed by atoms with Gasteiger partial charge < -0.3 is 19.8 Å². The number of aromatic nitrogens is 4. The third kappa shape index (κ3) is 4.68. The minimum Gasteiger partial charge on any atom is -0.347 e. The molecular formula is C38H26N6. The number of anilines is 2. The van der Waals surface area contributed by atoms with E-state index in [4.69, 9.17) is 0 Å². The average Bonchev–Trinajstić information content (AvgIpc) is 3.05. The number of rotatable bonds is 0. The summed E-state index contributed by atoms with van der Waals surface area (Å²) in [7, 11) is 4.12. The molecule has 0 saturated heterocycles. The second-order valence-electron chi connectivity index (χ2n) is 10.7. The molecule has 12 bridgehead atoms. The van der Waals surface area contributed by atoms with E-state index in [9.17, 15) is 0 Å². The minimum atomic E-state index is 0.771. The molecule has 6 heteroatoms. The summed E-state index contributed by atoms with van der Waals surface area (Å²) in [6.07, 6.45) is 11.6. The lowest BCUT2D eigenvalue weighted by Crippen LogP contribution is -2.24. The number of H-pyrrole nitrogens is 2. The van der Waals surface area contributed by atoms with Crippen molar-refractivity contribution in [1.29, 1.82) is 0 Å². The van der Waals surface area contributed by atoms with Crippen LogP contribution in [0.5, 0.6) is 0 Å². The molecule has 0 aliphatic carbocycles. The molecule has 2 N–H and O–H groups in total. The van der Waals surface area contributed by atoms with Gasteiger partial charge in [0.25, 0.3) is 0 Å². The maximum Gasteiger partial charge on any atom is 0.0758 e. The number of benzene rings is 4. The van der Waals surface area contributed by atoms with Gasteiger partial charge in [-0.15, -0.1) is 0 Å². The minimum absolute atomic E-state index is 0.771. The molecule has 0 spiro atoms. The maximum atomic E-state index is 4.45. The van der Waals surface area contributed by atoms with Crippen LogP contribution in [0.1, 0.15) is 13.8 Å². The lowest BCUT2D eigenvalue weighted by molar-refractivity contribution is 1.19. The highest BCUT2D eigenvalue weighted by molar-refractivity contribution is 6.03. The Hall–Kier alpha value is -6.34. The summed E-state index contributed by atoms with van der Waals surface area (Å²) in [5.74, 6) is 0. The Morgan fingerprint density at radius 2 is 0.955 bits per heavy atom. The van der Waals surface area contributed by atoms with E-state index in [1.165, 1.54) is 0 Å². The van der Waals surface area contributed by atoms with Crippen molar-refractivity contribution >= 4 is 66.4 Å². The van der Waals surface area contributed by atoms with Crippen LogP contribution in [0.25, 0.3) is 55.0 Å². The zero-order valence-electron chi connectivity index (χ0n) is 24.7. The van der Waals surface area contributed by atoms with E-state index in [1.54, 1.807) is 0 Å². The molecule has 0 atom stereocenters. The Balaban J connectivity index is 1.44. The predicted molar refractivity (Wildman–Crippen MR) is 176 cm³/mol. The number of nitrogens with zero attached hydrogens (tertiary/aromatic N) is 4. The molecule has 12 heterocycles. The molecule has 0 unspecified atom stereocenters. The standard InChI is InChI=1S/C38H26N6/c1-25-35-21-27-9-13-31(35)33-15-11-29(23-37(33)43(25)3)41-19-7-8-20-42-30-12-16-34-32-14-10-28(40-18-6-5-17-39-27)22-36(32)26(2)44(4)38(34)24-30/h9-16,21-24,39-40H,1-4H3. The fourth-order valence-electron chi connectivity index (χ4n) is 5.74. The van der Waals surface area contributed by atoms with Gasteiger partial charge in [-0.3, -0.25) is 0 Å². The van der Waals surface area contributed by atoms with E-state index in [-0.39, 0.29) is 0 Å². The summed E-state index contributed by atoms with van der Waals surface area (Å²) in [4.78, 5) is 19.6. The van der Waals surface area contributed by atoms with E-state index >= 15 is 0 Å². The molecule has 0 amide bonds. The molecule has 7 aliphatic heterocycles. The third-order valence-electron chi connectivity index (χ3n) is 8.24. The van der Waals surface area contributed by atoms with Crippen molar-refractivity contribution in [2.24, 2.45) is 0 Å². The first-order valence-electron chi connectivity index (χ1n) is 14.1. The van der Waals surface area contributed by atoms with Gasteiger partial charge in [-0.25, -0.2) is 0 Å². The van der Waals surface area contributed by atoms with Gasteiger partial charge in [0.1, 0.15) is 0 Å². The fraction of sp³-hybridized carbons (Fsp3) is 0.105. The van der Waals surface area contributed by atoms with E-state index < -0.39 is 0 Å². The van der Waals surface area contributed by atoms with Crippen molar-refractivity contribution in [2.45, 2.75) is 13.8 Å². The molecule has 0 radical (unpaired) electrons. The molecule has 0 saturated carbocycles. The monoisotopic (exact) mass is 566 g/mol. The van der Waals surface area contributed by atoms with Crippen molar-refractivity contribution < 1.29 is 0 Å². The second kappa shape index (κ2) is 10.8. The molecule has 44 heavy (non-hydrogen) atoms. The van der Waals surface area contributed by atoms with Crippen LogP contribution in [-0.2, 0) is 0 Å². The highest BCUT2D eigenvalue weighted by Crippen LogP contribution is 2.31. The normalized spacial score (nSPS) is 12.1. The van der Waals surface area contributed by atoms with Crippen LogP contribution in [0, 0.1) is 49.1 Å². The number of hydrogen-bond acceptors (Lipinski definition) is 4. The summed E-state index contributed by atoms with van der Waals surface area (Å²) in [5, 5.41) is 6.87. The topological polar surface area (TPSA) is 63.8 Å². The summed E-state index contributed by atoms with van der Waals surface area (Å²) in [5.41, 5.74) is 7.75. The number of nitrogens with one attached hydrogen (secondary N) is 2. The van der Waals surface area contributed by atoms with Crippen LogP contribution in [0.15, 0.2) is 72.8 Å². The molecular weight excluding hydrogens is 540 g/mol. The molecule has 4 aromatic carbocycles. The van der Waals surface area contributed by atoms with Crippen molar-refractivity contribution in [3.8, 4) is 0 Å². The Labute approximate surface area is 256 Å². The Kier molecular flexibility index (Phi) is 6.53. The van der Waals surface area contributed by atoms with Gasteiger partial charge in [0.05, 0.1) is 22.4 Å². The zero-order chi connectivity index (χ0) is 30.2. The van der Waals surface area contributed by atoms with Gasteiger partial charge in [0.2, 0.25) is 0 Å². The van der Waals surface area contributed by atoms with Gasteiger partial charge in [-0.1, -0.05) is 24.3 Å². The molecule has 6 nitrogen and oxygen atoms in total. The predicted octanol–water partition coefficient (Wildman–Crippen LogP) is 5.80. The van der Waals surface area contributed by atoms with Gasteiger partial charge in [-0.05, 0) is 73.2 Å². The lowest BCUT2D eigenvalue weighted by Gasteiger charge is -2.25. The van der Waals surface area contributed by atoms with Crippen molar-refractivity contribution in [1.82, 2.24) is 19.9 Å². The second-order valence-corrected chi connectivity index (χ2v) is 10.7. The molecule has 9 aromatic rings. The average molecular weight is 567 g/mol. The number of aromatic amines is 2. The SMILES string of the molecule is CC1=c2cc3ccc2c2ccc(cc2N1C)nc#cc#cnc1ccc2c(c1)N(C)C(C)=c1cc(ccc12)[nH]c#cc#c[nH]3. The number of hydrogen-bond donors (Lipinski definition) is 2. The van der Waals surface area contributed by atoms with Crippen molar-refractivity contribution in [2.75, 3.05) is 23.9 Å². The Morgan fingerprint density at radius 1 is 0.523 bits per heavy atom. The van der Waals surface area contributed by atoms with Gasteiger partial charge >= 0.3 is 0 Å². The zero-order valence-corrected chi connectivity index (χ0v) is 24.7. The Bertz CT molecular complexity index is 2200. The molecule has 208 valence electrons. The fourth-order valence-corrected chi connectivity index (χ4v) is 5.74. The van der Waals surface area contributed by atoms with Crippen LogP contribution in [-0.4, -0.2) is 34.0 Å². The first-order valence-corrected chi connectivity index (χ1v) is 14.1. The third-order valence-corrected chi connectivity index (χ3v) is 8.24. The Morgan fingerprint density at radius 3 is 1.41 bits per heavy atom. The highest BCUT2D eigenvalue weighted by atomic mass is 15.1. The van der Waals surface area contributed by atoms with Crippen LogP contribution in [0.2, 0.25) is 0 Å². The van der Waals surface area contributed by atoms with E-state index in [1.807, 2.05) is 24.3 Å². The first-order chi connectivity index (χ1) is 21.5. The smallest absolute Gasteiger partial charge is 0.0758 e. The highest BCUT2D eigenvalue weighted by Gasteiger charge is 2.15. The van der Waals surface area contributed by atoms with Gasteiger partial charge in [0.15, 0.2) is 0 Å². The van der Waals surface area contributed by atoms with Gasteiger partial charge in [0, 0.05) is 107 Å². The van der Waals surface area contributed by atoms with Crippen LogP contribution >= 0.6 is 0 Å². The summed E-state index contributed by atoms with van der Waals surface area (Å²) < 4.78 is 0. The maximum absolute atomic E-state index is 4.45. The first kappa shape index (κ1) is 26.6. The van der Waals surface area contributed by atoms with E-state index in [0.717, 1.165) is 76.8 Å². The van der Waals surface area contributed by atoms with E-state index in [2.05, 4.69) is 155 Å². The van der Waals surface area contributed by atoms with Crippen LogP contribution < -0.4 is 20.2 Å². The molecule has 7 aliphatic rings. The summed E-state index contributed by atoms with van der Waals surface area (Å²) in [6.45, 7) is 4.22. The van der Waals surface area contributed by atoms with E-state index in [0.29, 0.717) is 0 Å². The summed E-state index contributed by atoms with van der Waals surface area (Å²) >= 11 is 0. The molecule has 16 rings (SSSR count). The summed E-state index contributed by atoms with van der Waals surface area (Å²) in [6, 6.07) is 36.2. The quantitative estimate of drug-likeness (QED) is 0.249. The van der Waals surface area contributed by atoms with Crippen molar-refractivity contribution in [3.05, 3.63) is 132 Å².